The Labute approximate surface area is 140 Å². The maximum Gasteiger partial charge on any atom is 0.330 e. The lowest BCUT2D eigenvalue weighted by atomic mass is 10.2. The van der Waals surface area contributed by atoms with E-state index in [2.05, 4.69) is 5.10 Å². The van der Waals surface area contributed by atoms with Gasteiger partial charge in [0.05, 0.1) is 6.54 Å². The van der Waals surface area contributed by atoms with Crippen LogP contribution in [-0.4, -0.2) is 34.8 Å². The molecule has 0 atom stereocenters. The number of carbonyl (C=O) groups is 2. The third-order valence-electron chi connectivity index (χ3n) is 3.81. The van der Waals surface area contributed by atoms with Gasteiger partial charge in [-0.1, -0.05) is 12.1 Å². The van der Waals surface area contributed by atoms with Crippen molar-refractivity contribution in [2.45, 2.75) is 19.4 Å². The molecule has 0 radical (unpaired) electrons. The second-order valence-electron chi connectivity index (χ2n) is 5.51. The molecule has 0 N–H and O–H groups in total. The van der Waals surface area contributed by atoms with Gasteiger partial charge in [0.15, 0.2) is 0 Å². The zero-order chi connectivity index (χ0) is 16.8. The molecule has 0 unspecified atom stereocenters. The van der Waals surface area contributed by atoms with Crippen molar-refractivity contribution in [2.75, 3.05) is 18.1 Å². The quantitative estimate of drug-likeness (QED) is 0.604. The molecule has 3 rings (SSSR count). The first-order chi connectivity index (χ1) is 11.7. The van der Waals surface area contributed by atoms with Crippen LogP contribution in [0.15, 0.2) is 48.8 Å². The zero-order valence-corrected chi connectivity index (χ0v) is 13.3. The van der Waals surface area contributed by atoms with Gasteiger partial charge in [0, 0.05) is 37.1 Å². The van der Waals surface area contributed by atoms with E-state index in [9.17, 15) is 9.59 Å². The van der Waals surface area contributed by atoms with Gasteiger partial charge in [-0.25, -0.2) is 4.79 Å². The smallest absolute Gasteiger partial charge is 0.330 e. The number of hydrogen-bond acceptors (Lipinski definition) is 4. The van der Waals surface area contributed by atoms with E-state index < -0.39 is 0 Å². The Morgan fingerprint density at radius 1 is 1.29 bits per heavy atom. The highest BCUT2D eigenvalue weighted by molar-refractivity contribution is 5.95. The van der Waals surface area contributed by atoms with Gasteiger partial charge in [0.2, 0.25) is 5.91 Å². The molecule has 1 amide bonds. The summed E-state index contributed by atoms with van der Waals surface area (Å²) in [5, 5.41) is 4.03. The minimum atomic E-state index is -0.388. The average Bonchev–Trinajstić information content (AvgIpc) is 3.25. The summed E-state index contributed by atoms with van der Waals surface area (Å²) in [6, 6.07) is 9.38. The summed E-state index contributed by atoms with van der Waals surface area (Å²) in [7, 11) is 0. The Bertz CT molecular complexity index is 720. The second-order valence-corrected chi connectivity index (χ2v) is 5.51. The Morgan fingerprint density at radius 2 is 2.12 bits per heavy atom. The van der Waals surface area contributed by atoms with Crippen molar-refractivity contribution in [1.82, 2.24) is 9.78 Å². The van der Waals surface area contributed by atoms with Crippen LogP contribution in [0, 0.1) is 0 Å². The van der Waals surface area contributed by atoms with Crippen LogP contribution in [0.2, 0.25) is 0 Å². The lowest BCUT2D eigenvalue weighted by Crippen LogP contribution is -2.23. The Morgan fingerprint density at radius 3 is 2.79 bits per heavy atom. The molecule has 2 heterocycles. The lowest BCUT2D eigenvalue weighted by molar-refractivity contribution is -0.138. The summed E-state index contributed by atoms with van der Waals surface area (Å²) in [4.78, 5) is 25.2. The van der Waals surface area contributed by atoms with Gasteiger partial charge < -0.3 is 9.64 Å². The van der Waals surface area contributed by atoms with E-state index in [0.29, 0.717) is 13.0 Å². The fourth-order valence-electron chi connectivity index (χ4n) is 2.57. The number of nitrogens with zero attached hydrogens (tertiary/aromatic N) is 3. The van der Waals surface area contributed by atoms with Crippen LogP contribution in [0.4, 0.5) is 5.69 Å². The summed E-state index contributed by atoms with van der Waals surface area (Å²) in [5.41, 5.74) is 1.78. The van der Waals surface area contributed by atoms with E-state index in [-0.39, 0.29) is 18.5 Å². The molecule has 0 spiro atoms. The molecule has 124 valence electrons. The van der Waals surface area contributed by atoms with Crippen LogP contribution in [0.5, 0.6) is 0 Å². The van der Waals surface area contributed by atoms with Crippen LogP contribution < -0.4 is 4.90 Å². The number of esters is 1. The fraction of sp³-hybridized carbons (Fsp3) is 0.278. The maximum atomic E-state index is 11.7. The summed E-state index contributed by atoms with van der Waals surface area (Å²) < 4.78 is 6.82. The molecule has 1 fully saturated rings. The minimum Gasteiger partial charge on any atom is -0.461 e. The first-order valence-corrected chi connectivity index (χ1v) is 7.95. The number of aromatic nitrogens is 2. The summed E-state index contributed by atoms with van der Waals surface area (Å²) in [6.45, 7) is 1.59. The largest absolute Gasteiger partial charge is 0.461 e. The molecule has 1 aromatic heterocycles. The third-order valence-corrected chi connectivity index (χ3v) is 3.81. The first-order valence-electron chi connectivity index (χ1n) is 7.95. The number of amides is 1. The second kappa shape index (κ2) is 7.59. The number of rotatable bonds is 6. The average molecular weight is 325 g/mol. The van der Waals surface area contributed by atoms with Crippen LogP contribution >= 0.6 is 0 Å². The molecule has 0 aliphatic carbocycles. The molecule has 2 aromatic rings. The number of carbonyl (C=O) groups excluding carboxylic acids is 2. The maximum absolute atomic E-state index is 11.7. The summed E-state index contributed by atoms with van der Waals surface area (Å²) in [5.74, 6) is -0.222. The number of anilines is 1. The van der Waals surface area contributed by atoms with Gasteiger partial charge >= 0.3 is 5.97 Å². The van der Waals surface area contributed by atoms with E-state index in [4.69, 9.17) is 4.74 Å². The molecule has 1 aliphatic rings. The highest BCUT2D eigenvalue weighted by atomic mass is 16.5. The summed E-state index contributed by atoms with van der Waals surface area (Å²) >= 11 is 0. The van der Waals surface area contributed by atoms with Crippen molar-refractivity contribution in [3.63, 3.8) is 0 Å². The third kappa shape index (κ3) is 4.10. The van der Waals surface area contributed by atoms with Crippen LogP contribution in [0.1, 0.15) is 18.4 Å². The zero-order valence-electron chi connectivity index (χ0n) is 13.3. The van der Waals surface area contributed by atoms with Crippen molar-refractivity contribution in [3.8, 4) is 0 Å². The predicted octanol–water partition coefficient (Wildman–Crippen LogP) is 2.27. The highest BCUT2D eigenvalue weighted by Gasteiger charge is 2.21. The molecule has 0 bridgehead atoms. The van der Waals surface area contributed by atoms with Gasteiger partial charge in [0.25, 0.3) is 0 Å². The molecule has 6 heteroatoms. The van der Waals surface area contributed by atoms with Gasteiger partial charge in [-0.3, -0.25) is 9.48 Å². The van der Waals surface area contributed by atoms with Crippen molar-refractivity contribution in [1.29, 1.82) is 0 Å². The van der Waals surface area contributed by atoms with Crippen LogP contribution in [0.25, 0.3) is 6.08 Å². The molecule has 0 saturated carbocycles. The van der Waals surface area contributed by atoms with Crippen molar-refractivity contribution in [2.24, 2.45) is 0 Å². The van der Waals surface area contributed by atoms with E-state index in [1.54, 1.807) is 21.9 Å². The van der Waals surface area contributed by atoms with Gasteiger partial charge in [-0.2, -0.15) is 5.10 Å². The predicted molar refractivity (Wildman–Crippen MR) is 90.2 cm³/mol. The van der Waals surface area contributed by atoms with Crippen LogP contribution in [-0.2, 0) is 20.9 Å². The first kappa shape index (κ1) is 16.0. The Kier molecular flexibility index (Phi) is 5.05. The van der Waals surface area contributed by atoms with Gasteiger partial charge in [-0.15, -0.1) is 0 Å². The van der Waals surface area contributed by atoms with E-state index in [1.807, 2.05) is 36.5 Å². The van der Waals surface area contributed by atoms with E-state index in [0.717, 1.165) is 24.2 Å². The molecule has 1 aromatic carbocycles. The molecule has 6 nitrogen and oxygen atoms in total. The van der Waals surface area contributed by atoms with Crippen LogP contribution in [0.3, 0.4) is 0 Å². The van der Waals surface area contributed by atoms with Crippen molar-refractivity contribution >= 4 is 23.6 Å². The number of ether oxygens (including phenoxy) is 1. The summed E-state index contributed by atoms with van der Waals surface area (Å²) in [6.07, 6.45) is 8.12. The Balaban J connectivity index is 1.48. The molecule has 24 heavy (non-hydrogen) atoms. The molecule has 1 aliphatic heterocycles. The van der Waals surface area contributed by atoms with Gasteiger partial charge in [-0.05, 0) is 36.3 Å². The fourth-order valence-corrected chi connectivity index (χ4v) is 2.57. The normalized spacial score (nSPS) is 14.5. The number of hydrogen-bond donors (Lipinski definition) is 0. The highest BCUT2D eigenvalue weighted by Crippen LogP contribution is 2.21. The minimum absolute atomic E-state index is 0.166. The topological polar surface area (TPSA) is 64.4 Å². The molecule has 1 saturated heterocycles. The lowest BCUT2D eigenvalue weighted by Gasteiger charge is -2.15. The number of benzene rings is 1. The molecular weight excluding hydrogens is 306 g/mol. The monoisotopic (exact) mass is 325 g/mol. The Hall–Kier alpha value is -2.89. The van der Waals surface area contributed by atoms with Gasteiger partial charge in [0.1, 0.15) is 6.61 Å². The SMILES string of the molecule is O=C(/C=C/c1ccc(N2CCCC2=O)cc1)OCCn1cccn1. The van der Waals surface area contributed by atoms with E-state index >= 15 is 0 Å². The van der Waals surface area contributed by atoms with Crippen molar-refractivity contribution < 1.29 is 14.3 Å². The van der Waals surface area contributed by atoms with E-state index in [1.165, 1.54) is 6.08 Å². The molecular formula is C18H19N3O3. The standard InChI is InChI=1S/C18H19N3O3/c22-17-3-1-12-21(17)16-7-4-15(5-8-16)6-9-18(23)24-14-13-20-11-2-10-19-20/h2,4-11H,1,3,12-14H2/b9-6+. The van der Waals surface area contributed by atoms with Crippen molar-refractivity contribution in [3.05, 3.63) is 54.4 Å².